The largest absolute Gasteiger partial charge is 0.272 e. The van der Waals surface area contributed by atoms with Crippen LogP contribution in [0.25, 0.3) is 16.6 Å². The van der Waals surface area contributed by atoms with Crippen molar-refractivity contribution in [2.75, 3.05) is 5.75 Å². The molecule has 8 heteroatoms. The van der Waals surface area contributed by atoms with Crippen LogP contribution in [0.3, 0.4) is 0 Å². The number of carbonyl (C=O) groups excluding carboxylic acids is 1. The summed E-state index contributed by atoms with van der Waals surface area (Å²) >= 11 is 4.60. The molecule has 0 aliphatic carbocycles. The van der Waals surface area contributed by atoms with E-state index in [-0.39, 0.29) is 17.2 Å². The summed E-state index contributed by atoms with van der Waals surface area (Å²) in [5.74, 6) is -0.226. The molecule has 0 aliphatic rings. The first-order chi connectivity index (χ1) is 15.5. The standard InChI is InChI=1S/C24H19BrN4O2S/c1-16-5-4-6-17(13-16)14-26-28-22(30)15-32-24-27-21-8-3-2-7-20(21)23(31)29(24)19-11-9-18(25)10-12-19/h2-14H,15H2,1H3,(H,28,30)/b26-14+. The number of nitrogens with one attached hydrogen (secondary N) is 1. The van der Waals surface area contributed by atoms with Gasteiger partial charge in [-0.2, -0.15) is 5.10 Å². The molecular formula is C24H19BrN4O2S. The number of halogens is 1. The Morgan fingerprint density at radius 1 is 1.12 bits per heavy atom. The summed E-state index contributed by atoms with van der Waals surface area (Å²) in [6.07, 6.45) is 1.60. The smallest absolute Gasteiger partial charge is 0.266 e. The fourth-order valence-electron chi connectivity index (χ4n) is 3.12. The lowest BCUT2D eigenvalue weighted by Gasteiger charge is -2.13. The first-order valence-corrected chi connectivity index (χ1v) is 11.6. The quantitative estimate of drug-likeness (QED) is 0.178. The van der Waals surface area contributed by atoms with Crippen LogP contribution < -0.4 is 11.0 Å². The molecule has 0 atom stereocenters. The van der Waals surface area contributed by atoms with Crippen LogP contribution in [0.15, 0.2) is 92.3 Å². The van der Waals surface area contributed by atoms with Crippen LogP contribution in [0.4, 0.5) is 0 Å². The Balaban J connectivity index is 1.56. The van der Waals surface area contributed by atoms with E-state index in [4.69, 9.17) is 0 Å². The van der Waals surface area contributed by atoms with Crippen molar-refractivity contribution in [2.45, 2.75) is 12.1 Å². The Hall–Kier alpha value is -3.23. The lowest BCUT2D eigenvalue weighted by Crippen LogP contribution is -2.24. The highest BCUT2D eigenvalue weighted by Gasteiger charge is 2.14. The zero-order valence-electron chi connectivity index (χ0n) is 17.2. The van der Waals surface area contributed by atoms with Gasteiger partial charge in [0.05, 0.1) is 28.6 Å². The van der Waals surface area contributed by atoms with Crippen molar-refractivity contribution in [2.24, 2.45) is 5.10 Å². The van der Waals surface area contributed by atoms with Crippen molar-refractivity contribution >= 4 is 50.7 Å². The van der Waals surface area contributed by atoms with Crippen molar-refractivity contribution in [3.8, 4) is 5.69 Å². The molecule has 1 N–H and O–H groups in total. The Morgan fingerprint density at radius 3 is 2.69 bits per heavy atom. The lowest BCUT2D eigenvalue weighted by atomic mass is 10.2. The van der Waals surface area contributed by atoms with Gasteiger partial charge in [-0.1, -0.05) is 69.7 Å². The van der Waals surface area contributed by atoms with Gasteiger partial charge in [0.15, 0.2) is 5.16 Å². The van der Waals surface area contributed by atoms with Gasteiger partial charge >= 0.3 is 0 Å². The molecular weight excluding hydrogens is 488 g/mol. The maximum atomic E-state index is 13.2. The number of benzene rings is 3. The van der Waals surface area contributed by atoms with E-state index in [9.17, 15) is 9.59 Å². The van der Waals surface area contributed by atoms with Gasteiger partial charge in [0, 0.05) is 4.47 Å². The van der Waals surface area contributed by atoms with Crippen LogP contribution in [0.2, 0.25) is 0 Å². The predicted octanol–water partition coefficient (Wildman–Crippen LogP) is 4.70. The van der Waals surface area contributed by atoms with Crippen molar-refractivity contribution in [3.05, 3.63) is 98.7 Å². The number of para-hydroxylation sites is 1. The van der Waals surface area contributed by atoms with E-state index >= 15 is 0 Å². The molecule has 0 radical (unpaired) electrons. The first-order valence-electron chi connectivity index (χ1n) is 9.80. The molecule has 160 valence electrons. The average molecular weight is 507 g/mol. The van der Waals surface area contributed by atoms with Crippen molar-refractivity contribution < 1.29 is 4.79 Å². The summed E-state index contributed by atoms with van der Waals surface area (Å²) < 4.78 is 2.44. The summed E-state index contributed by atoms with van der Waals surface area (Å²) in [7, 11) is 0. The van der Waals surface area contributed by atoms with Crippen LogP contribution in [0.1, 0.15) is 11.1 Å². The number of hydrogen-bond donors (Lipinski definition) is 1. The third-order valence-electron chi connectivity index (χ3n) is 4.61. The molecule has 1 amide bonds. The number of thioether (sulfide) groups is 1. The molecule has 1 aromatic heterocycles. The van der Waals surface area contributed by atoms with Gasteiger partial charge in [0.1, 0.15) is 0 Å². The van der Waals surface area contributed by atoms with Crippen LogP contribution in [0.5, 0.6) is 0 Å². The van der Waals surface area contributed by atoms with Gasteiger partial charge in [-0.3, -0.25) is 14.2 Å². The van der Waals surface area contributed by atoms with E-state index in [0.717, 1.165) is 15.6 Å². The van der Waals surface area contributed by atoms with Crippen LogP contribution in [-0.2, 0) is 4.79 Å². The SMILES string of the molecule is Cc1cccc(/C=N/NC(=O)CSc2nc3ccccc3c(=O)n2-c2ccc(Br)cc2)c1. The first kappa shape index (κ1) is 22.0. The second-order valence-electron chi connectivity index (χ2n) is 7.02. The summed E-state index contributed by atoms with van der Waals surface area (Å²) in [5.41, 5.74) is 5.63. The summed E-state index contributed by atoms with van der Waals surface area (Å²) in [6.45, 7) is 1.99. The van der Waals surface area contributed by atoms with Gasteiger partial charge in [0.25, 0.3) is 11.5 Å². The molecule has 4 aromatic rings. The van der Waals surface area contributed by atoms with Crippen molar-refractivity contribution in [1.82, 2.24) is 15.0 Å². The lowest BCUT2D eigenvalue weighted by molar-refractivity contribution is -0.118. The van der Waals surface area contributed by atoms with Crippen LogP contribution >= 0.6 is 27.7 Å². The highest BCUT2D eigenvalue weighted by molar-refractivity contribution is 9.10. The number of amides is 1. The number of carbonyl (C=O) groups is 1. The normalized spacial score (nSPS) is 11.2. The van der Waals surface area contributed by atoms with Gasteiger partial charge in [-0.05, 0) is 48.9 Å². The topological polar surface area (TPSA) is 76.3 Å². The van der Waals surface area contributed by atoms with Crippen LogP contribution in [-0.4, -0.2) is 27.4 Å². The fourth-order valence-corrected chi connectivity index (χ4v) is 4.19. The molecule has 3 aromatic carbocycles. The zero-order chi connectivity index (χ0) is 22.5. The Morgan fingerprint density at radius 2 is 1.91 bits per heavy atom. The molecule has 32 heavy (non-hydrogen) atoms. The average Bonchev–Trinajstić information content (AvgIpc) is 2.79. The number of nitrogens with zero attached hydrogens (tertiary/aromatic N) is 3. The molecule has 4 rings (SSSR count). The molecule has 0 unspecified atom stereocenters. The molecule has 1 heterocycles. The van der Waals surface area contributed by atoms with E-state index in [0.29, 0.717) is 21.7 Å². The van der Waals surface area contributed by atoms with E-state index < -0.39 is 0 Å². The van der Waals surface area contributed by atoms with Crippen LogP contribution in [0, 0.1) is 6.92 Å². The van der Waals surface area contributed by atoms with Crippen molar-refractivity contribution in [3.63, 3.8) is 0 Å². The molecule has 0 saturated heterocycles. The summed E-state index contributed by atoms with van der Waals surface area (Å²) in [5, 5.41) is 4.98. The zero-order valence-corrected chi connectivity index (χ0v) is 19.6. The monoisotopic (exact) mass is 506 g/mol. The minimum atomic E-state index is -0.288. The Kier molecular flexibility index (Phi) is 6.82. The number of hydrazone groups is 1. The Labute approximate surface area is 197 Å². The summed E-state index contributed by atoms with van der Waals surface area (Å²) in [6, 6.07) is 22.4. The second kappa shape index (κ2) is 9.93. The number of hydrogen-bond acceptors (Lipinski definition) is 5. The minimum Gasteiger partial charge on any atom is -0.272 e. The molecule has 0 bridgehead atoms. The molecule has 6 nitrogen and oxygen atoms in total. The minimum absolute atomic E-state index is 0.0620. The number of rotatable bonds is 6. The summed E-state index contributed by atoms with van der Waals surface area (Å²) in [4.78, 5) is 30.2. The maximum Gasteiger partial charge on any atom is 0.266 e. The Bertz CT molecular complexity index is 1370. The van der Waals surface area contributed by atoms with Gasteiger partial charge in [-0.15, -0.1) is 0 Å². The number of aryl methyl sites for hydroxylation is 1. The molecule has 0 fully saturated rings. The highest BCUT2D eigenvalue weighted by atomic mass is 79.9. The third kappa shape index (κ3) is 5.15. The van der Waals surface area contributed by atoms with E-state index in [1.54, 1.807) is 18.3 Å². The van der Waals surface area contributed by atoms with E-state index in [2.05, 4.69) is 31.4 Å². The predicted molar refractivity (Wildman–Crippen MR) is 133 cm³/mol. The number of fused-ring (bicyclic) bond motifs is 1. The van der Waals surface area contributed by atoms with Crippen molar-refractivity contribution in [1.29, 1.82) is 0 Å². The number of aromatic nitrogens is 2. The third-order valence-corrected chi connectivity index (χ3v) is 6.07. The van der Waals surface area contributed by atoms with E-state index in [1.165, 1.54) is 16.3 Å². The van der Waals surface area contributed by atoms with Gasteiger partial charge in [-0.25, -0.2) is 10.4 Å². The molecule has 0 saturated carbocycles. The van der Waals surface area contributed by atoms with Gasteiger partial charge in [0.2, 0.25) is 0 Å². The second-order valence-corrected chi connectivity index (χ2v) is 8.88. The van der Waals surface area contributed by atoms with Gasteiger partial charge < -0.3 is 0 Å². The highest BCUT2D eigenvalue weighted by Crippen LogP contribution is 2.22. The molecule has 0 aliphatic heterocycles. The van der Waals surface area contributed by atoms with E-state index in [1.807, 2.05) is 67.6 Å². The maximum absolute atomic E-state index is 13.2. The fraction of sp³-hybridized carbons (Fsp3) is 0.0833. The molecule has 0 spiro atoms.